The highest BCUT2D eigenvalue weighted by Gasteiger charge is 2.14. The van der Waals surface area contributed by atoms with Gasteiger partial charge >= 0.3 is 0 Å². The summed E-state index contributed by atoms with van der Waals surface area (Å²) in [6.07, 6.45) is 3.75. The summed E-state index contributed by atoms with van der Waals surface area (Å²) in [5.74, 6) is -0.123. The van der Waals surface area contributed by atoms with Crippen molar-refractivity contribution < 1.29 is 4.79 Å². The number of hydrogen-bond acceptors (Lipinski definition) is 1. The zero-order valence-electron chi connectivity index (χ0n) is 13.0. The first-order valence-corrected chi connectivity index (χ1v) is 7.72. The Morgan fingerprint density at radius 2 is 1.65 bits per heavy atom. The maximum absolute atomic E-state index is 12.6. The Bertz CT molecular complexity index is 867. The minimum atomic E-state index is -0.123. The summed E-state index contributed by atoms with van der Waals surface area (Å²) in [4.78, 5) is 12.6. The van der Waals surface area contributed by atoms with Gasteiger partial charge in [-0.3, -0.25) is 4.79 Å². The number of rotatable bonds is 3. The number of carbonyl (C=O) groups is 1. The van der Waals surface area contributed by atoms with E-state index < -0.39 is 0 Å². The van der Waals surface area contributed by atoms with Crippen molar-refractivity contribution >= 4 is 23.2 Å². The molecule has 3 nitrogen and oxygen atoms in total. The lowest BCUT2D eigenvalue weighted by Gasteiger charge is -2.12. The minimum absolute atomic E-state index is 0.123. The van der Waals surface area contributed by atoms with E-state index in [0.29, 0.717) is 10.6 Å². The Labute approximate surface area is 140 Å². The molecule has 0 radical (unpaired) electrons. The molecule has 0 spiro atoms. The van der Waals surface area contributed by atoms with E-state index >= 15 is 0 Å². The minimum Gasteiger partial charge on any atom is -0.356 e. The van der Waals surface area contributed by atoms with Gasteiger partial charge in [0.05, 0.1) is 5.56 Å². The van der Waals surface area contributed by atoms with Gasteiger partial charge in [-0.05, 0) is 24.6 Å². The lowest BCUT2D eigenvalue weighted by molar-refractivity contribution is 0.102. The fourth-order valence-electron chi connectivity index (χ4n) is 2.65. The Morgan fingerprint density at radius 1 is 1.00 bits per heavy atom. The first kappa shape index (κ1) is 15.4. The average molecular weight is 325 g/mol. The van der Waals surface area contributed by atoms with Crippen LogP contribution in [0.4, 0.5) is 5.69 Å². The van der Waals surface area contributed by atoms with E-state index in [4.69, 9.17) is 11.6 Å². The van der Waals surface area contributed by atoms with Gasteiger partial charge < -0.3 is 9.88 Å². The first-order chi connectivity index (χ1) is 11.1. The zero-order chi connectivity index (χ0) is 16.4. The highest BCUT2D eigenvalue weighted by Crippen LogP contribution is 2.33. The molecule has 0 saturated heterocycles. The molecule has 2 aromatic carbocycles. The molecule has 1 amide bonds. The third-order valence-electron chi connectivity index (χ3n) is 3.74. The van der Waals surface area contributed by atoms with Gasteiger partial charge in [-0.2, -0.15) is 0 Å². The van der Waals surface area contributed by atoms with Crippen LogP contribution in [-0.4, -0.2) is 10.5 Å². The largest absolute Gasteiger partial charge is 0.356 e. The Hall–Kier alpha value is -2.52. The maximum atomic E-state index is 12.6. The molecule has 0 saturated carbocycles. The number of aryl methyl sites for hydroxylation is 2. The van der Waals surface area contributed by atoms with Gasteiger partial charge in [-0.1, -0.05) is 48.0 Å². The van der Waals surface area contributed by atoms with Crippen LogP contribution < -0.4 is 5.32 Å². The fourth-order valence-corrected chi connectivity index (χ4v) is 2.89. The standard InChI is InChI=1S/C19H17ClN2O/c1-13-11-22(2)12-16(13)19(23)21-18-10-6-4-8-15(18)14-7-3-5-9-17(14)20/h3-12H,1-2H3,(H,21,23). The van der Waals surface area contributed by atoms with Crippen LogP contribution in [0.25, 0.3) is 11.1 Å². The number of nitrogens with one attached hydrogen (secondary N) is 1. The van der Waals surface area contributed by atoms with E-state index in [9.17, 15) is 4.79 Å². The number of halogens is 1. The van der Waals surface area contributed by atoms with Crippen LogP contribution in [0, 0.1) is 6.92 Å². The molecule has 1 N–H and O–H groups in total. The van der Waals surface area contributed by atoms with E-state index in [0.717, 1.165) is 22.4 Å². The number of anilines is 1. The van der Waals surface area contributed by atoms with Crippen molar-refractivity contribution in [2.24, 2.45) is 7.05 Å². The van der Waals surface area contributed by atoms with Gasteiger partial charge in [0.2, 0.25) is 0 Å². The van der Waals surface area contributed by atoms with E-state index in [1.807, 2.05) is 79.5 Å². The number of aromatic nitrogens is 1. The average Bonchev–Trinajstić information content (AvgIpc) is 2.87. The van der Waals surface area contributed by atoms with Gasteiger partial charge in [-0.15, -0.1) is 0 Å². The van der Waals surface area contributed by atoms with Crippen LogP contribution in [0.15, 0.2) is 60.9 Å². The topological polar surface area (TPSA) is 34.0 Å². The number of para-hydroxylation sites is 1. The zero-order valence-corrected chi connectivity index (χ0v) is 13.8. The summed E-state index contributed by atoms with van der Waals surface area (Å²) in [6, 6.07) is 15.3. The third kappa shape index (κ3) is 3.15. The summed E-state index contributed by atoms with van der Waals surface area (Å²) in [6.45, 7) is 1.93. The summed E-state index contributed by atoms with van der Waals surface area (Å²) >= 11 is 6.30. The molecule has 3 aromatic rings. The Kier molecular flexibility index (Phi) is 4.22. The molecule has 0 aliphatic carbocycles. The predicted molar refractivity (Wildman–Crippen MR) is 95.0 cm³/mol. The molecule has 3 rings (SSSR count). The van der Waals surface area contributed by atoms with Gasteiger partial charge in [-0.25, -0.2) is 0 Å². The quantitative estimate of drug-likeness (QED) is 0.730. The second-order valence-corrected chi connectivity index (χ2v) is 5.91. The molecule has 4 heteroatoms. The molecule has 0 unspecified atom stereocenters. The van der Waals surface area contributed by atoms with Crippen molar-refractivity contribution in [3.05, 3.63) is 77.1 Å². The van der Waals surface area contributed by atoms with Gasteiger partial charge in [0.15, 0.2) is 0 Å². The van der Waals surface area contributed by atoms with E-state index in [1.54, 1.807) is 0 Å². The monoisotopic (exact) mass is 324 g/mol. The first-order valence-electron chi connectivity index (χ1n) is 7.34. The van der Waals surface area contributed by atoms with Gasteiger partial charge in [0, 0.05) is 41.3 Å². The molecule has 0 bridgehead atoms. The number of benzene rings is 2. The smallest absolute Gasteiger partial charge is 0.257 e. The van der Waals surface area contributed by atoms with Crippen LogP contribution in [-0.2, 0) is 7.05 Å². The van der Waals surface area contributed by atoms with Crippen molar-refractivity contribution in [3.63, 3.8) is 0 Å². The molecule has 0 atom stereocenters. The third-order valence-corrected chi connectivity index (χ3v) is 4.07. The predicted octanol–water partition coefficient (Wildman–Crippen LogP) is 4.91. The molecular formula is C19H17ClN2O. The molecule has 0 fully saturated rings. The van der Waals surface area contributed by atoms with E-state index in [1.165, 1.54) is 0 Å². The fraction of sp³-hybridized carbons (Fsp3) is 0.105. The maximum Gasteiger partial charge on any atom is 0.257 e. The van der Waals surface area contributed by atoms with Crippen LogP contribution in [0.1, 0.15) is 15.9 Å². The molecule has 0 aliphatic heterocycles. The highest BCUT2D eigenvalue weighted by molar-refractivity contribution is 6.33. The van der Waals surface area contributed by atoms with Crippen LogP contribution >= 0.6 is 11.6 Å². The van der Waals surface area contributed by atoms with Crippen molar-refractivity contribution in [3.8, 4) is 11.1 Å². The Balaban J connectivity index is 1.97. The number of carbonyl (C=O) groups excluding carboxylic acids is 1. The van der Waals surface area contributed by atoms with Crippen LogP contribution in [0.5, 0.6) is 0 Å². The summed E-state index contributed by atoms with van der Waals surface area (Å²) in [7, 11) is 1.90. The molecular weight excluding hydrogens is 308 g/mol. The van der Waals surface area contributed by atoms with Crippen molar-refractivity contribution in [1.82, 2.24) is 4.57 Å². The van der Waals surface area contributed by atoms with Crippen molar-refractivity contribution in [2.45, 2.75) is 6.92 Å². The summed E-state index contributed by atoms with van der Waals surface area (Å²) < 4.78 is 1.88. The second kappa shape index (κ2) is 6.31. The van der Waals surface area contributed by atoms with E-state index in [2.05, 4.69) is 5.32 Å². The number of amides is 1. The SMILES string of the molecule is Cc1cn(C)cc1C(=O)Nc1ccccc1-c1ccccc1Cl. The van der Waals surface area contributed by atoms with Crippen molar-refractivity contribution in [2.75, 3.05) is 5.32 Å². The van der Waals surface area contributed by atoms with E-state index in [-0.39, 0.29) is 5.91 Å². The molecule has 23 heavy (non-hydrogen) atoms. The molecule has 116 valence electrons. The molecule has 1 aromatic heterocycles. The van der Waals surface area contributed by atoms with Crippen molar-refractivity contribution in [1.29, 1.82) is 0 Å². The van der Waals surface area contributed by atoms with Gasteiger partial charge in [0.1, 0.15) is 0 Å². The number of nitrogens with zero attached hydrogens (tertiary/aromatic N) is 1. The van der Waals surface area contributed by atoms with Crippen LogP contribution in [0.2, 0.25) is 5.02 Å². The lowest BCUT2D eigenvalue weighted by Crippen LogP contribution is -2.13. The summed E-state index contributed by atoms with van der Waals surface area (Å²) in [5, 5.41) is 3.65. The normalized spacial score (nSPS) is 10.6. The lowest BCUT2D eigenvalue weighted by atomic mass is 10.0. The molecule has 0 aliphatic rings. The van der Waals surface area contributed by atoms with Crippen LogP contribution in [0.3, 0.4) is 0 Å². The number of hydrogen-bond donors (Lipinski definition) is 1. The highest BCUT2D eigenvalue weighted by atomic mass is 35.5. The Morgan fingerprint density at radius 3 is 2.30 bits per heavy atom. The summed E-state index contributed by atoms with van der Waals surface area (Å²) in [5.41, 5.74) is 4.16. The van der Waals surface area contributed by atoms with Gasteiger partial charge in [0.25, 0.3) is 5.91 Å². The molecule has 1 heterocycles. The second-order valence-electron chi connectivity index (χ2n) is 5.50.